The van der Waals surface area contributed by atoms with E-state index in [2.05, 4.69) is 24.0 Å². The number of hydrogen-bond acceptors (Lipinski definition) is 2. The molecule has 0 aromatic heterocycles. The first-order chi connectivity index (χ1) is 10.0. The third-order valence-electron chi connectivity index (χ3n) is 4.12. The van der Waals surface area contributed by atoms with Crippen molar-refractivity contribution >= 4 is 5.78 Å². The van der Waals surface area contributed by atoms with Crippen molar-refractivity contribution in [2.45, 2.75) is 39.2 Å². The molecule has 0 heterocycles. The van der Waals surface area contributed by atoms with E-state index in [-0.39, 0.29) is 5.78 Å². The lowest BCUT2D eigenvalue weighted by Gasteiger charge is -2.38. The molecule has 0 aliphatic heterocycles. The molecule has 0 amide bonds. The van der Waals surface area contributed by atoms with Crippen molar-refractivity contribution in [1.29, 1.82) is 0 Å². The lowest BCUT2D eigenvalue weighted by molar-refractivity contribution is -0.125. The highest BCUT2D eigenvalue weighted by atomic mass is 16.1. The van der Waals surface area contributed by atoms with Crippen molar-refractivity contribution < 1.29 is 4.79 Å². The van der Waals surface area contributed by atoms with Crippen LogP contribution >= 0.6 is 0 Å². The van der Waals surface area contributed by atoms with Gasteiger partial charge in [-0.3, -0.25) is 9.69 Å². The maximum atomic E-state index is 13.1. The van der Waals surface area contributed by atoms with E-state index in [0.29, 0.717) is 0 Å². The van der Waals surface area contributed by atoms with Gasteiger partial charge in [0.25, 0.3) is 0 Å². The Morgan fingerprint density at radius 2 is 1.81 bits per heavy atom. The highest BCUT2D eigenvalue weighted by Crippen LogP contribution is 2.27. The van der Waals surface area contributed by atoms with E-state index < -0.39 is 5.54 Å². The number of rotatable bonds is 7. The van der Waals surface area contributed by atoms with Crippen LogP contribution in [0.2, 0.25) is 0 Å². The summed E-state index contributed by atoms with van der Waals surface area (Å²) in [5.74, 6) is 0.194. The molecular weight excluding hydrogens is 258 g/mol. The van der Waals surface area contributed by atoms with Gasteiger partial charge in [-0.2, -0.15) is 0 Å². The molecule has 1 atom stereocenters. The average molecular weight is 285 g/mol. The number of allylic oxidation sites excluding steroid dienone is 3. The summed E-state index contributed by atoms with van der Waals surface area (Å²) in [5, 5.41) is 0. The zero-order valence-corrected chi connectivity index (χ0v) is 13.9. The fraction of sp³-hybridized carbons (Fsp3) is 0.421. The number of likely N-dealkylation sites (N-methyl/N-ethyl adjacent to an activating group) is 1. The van der Waals surface area contributed by atoms with E-state index in [1.807, 2.05) is 64.4 Å². The summed E-state index contributed by atoms with van der Waals surface area (Å²) in [6.07, 6.45) is 7.24. The Balaban J connectivity index is 3.23. The van der Waals surface area contributed by atoms with E-state index in [1.165, 1.54) is 5.56 Å². The Bertz CT molecular complexity index is 514. The molecule has 1 aromatic rings. The molecule has 114 valence electrons. The van der Waals surface area contributed by atoms with Crippen LogP contribution < -0.4 is 0 Å². The first-order valence-electron chi connectivity index (χ1n) is 7.57. The second-order valence-electron chi connectivity index (χ2n) is 5.52. The topological polar surface area (TPSA) is 20.3 Å². The number of carbonyl (C=O) groups is 1. The number of nitrogens with zero attached hydrogens (tertiary/aromatic N) is 1. The molecule has 0 radical (unpaired) electrons. The summed E-state index contributed by atoms with van der Waals surface area (Å²) in [4.78, 5) is 15.2. The fourth-order valence-electron chi connectivity index (χ4n) is 2.73. The van der Waals surface area contributed by atoms with Gasteiger partial charge in [-0.05, 0) is 46.3 Å². The van der Waals surface area contributed by atoms with Gasteiger partial charge in [0.15, 0.2) is 5.78 Å². The summed E-state index contributed by atoms with van der Waals surface area (Å²) in [7, 11) is 3.99. The van der Waals surface area contributed by atoms with Gasteiger partial charge in [0.1, 0.15) is 0 Å². The quantitative estimate of drug-likeness (QED) is 0.557. The van der Waals surface area contributed by atoms with Crippen LogP contribution in [0.4, 0.5) is 0 Å². The minimum Gasteiger partial charge on any atom is -0.297 e. The maximum Gasteiger partial charge on any atom is 0.183 e. The molecule has 0 fully saturated rings. The number of ketones is 1. The highest BCUT2D eigenvalue weighted by Gasteiger charge is 2.39. The van der Waals surface area contributed by atoms with Crippen molar-refractivity contribution in [3.63, 3.8) is 0 Å². The van der Waals surface area contributed by atoms with Gasteiger partial charge in [0.05, 0.1) is 5.54 Å². The molecule has 1 unspecified atom stereocenters. The first kappa shape index (κ1) is 17.4. The number of benzene rings is 1. The van der Waals surface area contributed by atoms with Crippen molar-refractivity contribution in [1.82, 2.24) is 4.90 Å². The number of hydrogen-bond donors (Lipinski definition) is 0. The molecule has 0 saturated heterocycles. The Labute approximate surface area is 129 Å². The molecule has 1 aromatic carbocycles. The molecule has 0 N–H and O–H groups in total. The zero-order chi connectivity index (χ0) is 15.9. The maximum absolute atomic E-state index is 13.1. The summed E-state index contributed by atoms with van der Waals surface area (Å²) in [6, 6.07) is 10.2. The minimum atomic E-state index is -0.497. The Hall–Kier alpha value is -1.67. The van der Waals surface area contributed by atoms with Crippen molar-refractivity contribution in [2.75, 3.05) is 14.1 Å². The Morgan fingerprint density at radius 3 is 2.24 bits per heavy atom. The normalized spacial score (nSPS) is 15.4. The summed E-state index contributed by atoms with van der Waals surface area (Å²) < 4.78 is 0. The van der Waals surface area contributed by atoms with Crippen LogP contribution in [0.1, 0.15) is 32.8 Å². The van der Waals surface area contributed by atoms with E-state index in [0.717, 1.165) is 18.4 Å². The third-order valence-corrected chi connectivity index (χ3v) is 4.12. The molecule has 1 rings (SSSR count). The summed E-state index contributed by atoms with van der Waals surface area (Å²) in [6.45, 7) is 5.95. The zero-order valence-electron chi connectivity index (χ0n) is 13.9. The van der Waals surface area contributed by atoms with Crippen LogP contribution in [0.25, 0.3) is 0 Å². The van der Waals surface area contributed by atoms with Crippen LogP contribution in [0.3, 0.4) is 0 Å². The molecule has 2 heteroatoms. The molecule has 0 saturated carbocycles. The Morgan fingerprint density at radius 1 is 1.19 bits per heavy atom. The number of carbonyl (C=O) groups excluding carboxylic acids is 1. The van der Waals surface area contributed by atoms with Crippen molar-refractivity contribution in [3.8, 4) is 0 Å². The summed E-state index contributed by atoms with van der Waals surface area (Å²) >= 11 is 0. The Kier molecular flexibility index (Phi) is 6.57. The van der Waals surface area contributed by atoms with E-state index >= 15 is 0 Å². The second-order valence-corrected chi connectivity index (χ2v) is 5.52. The lowest BCUT2D eigenvalue weighted by atomic mass is 9.80. The molecule has 0 aliphatic carbocycles. The van der Waals surface area contributed by atoms with Crippen LogP contribution in [-0.4, -0.2) is 30.3 Å². The minimum absolute atomic E-state index is 0.194. The van der Waals surface area contributed by atoms with Gasteiger partial charge in [0, 0.05) is 5.57 Å². The molecular formula is C19H27NO. The van der Waals surface area contributed by atoms with E-state index in [1.54, 1.807) is 0 Å². The van der Waals surface area contributed by atoms with Gasteiger partial charge < -0.3 is 0 Å². The van der Waals surface area contributed by atoms with Crippen LogP contribution in [-0.2, 0) is 11.2 Å². The van der Waals surface area contributed by atoms with Crippen molar-refractivity contribution in [3.05, 3.63) is 59.7 Å². The van der Waals surface area contributed by atoms with Gasteiger partial charge >= 0.3 is 0 Å². The highest BCUT2D eigenvalue weighted by molar-refractivity contribution is 6.04. The molecule has 0 aliphatic rings. The standard InChI is InChI=1S/C19H27NO/c1-6-12-17(7-2)18(21)19(8-3,20(4)5)15-16-13-10-9-11-14-16/h6-7,9-14H,8,15H2,1-5H3/b12-6-,17-7+. The van der Waals surface area contributed by atoms with E-state index in [9.17, 15) is 4.79 Å². The largest absolute Gasteiger partial charge is 0.297 e. The van der Waals surface area contributed by atoms with Gasteiger partial charge in [-0.25, -0.2) is 0 Å². The average Bonchev–Trinajstić information content (AvgIpc) is 2.50. The van der Waals surface area contributed by atoms with Crippen LogP contribution in [0, 0.1) is 0 Å². The lowest BCUT2D eigenvalue weighted by Crippen LogP contribution is -2.53. The van der Waals surface area contributed by atoms with Crippen molar-refractivity contribution in [2.24, 2.45) is 0 Å². The van der Waals surface area contributed by atoms with Gasteiger partial charge in [0.2, 0.25) is 0 Å². The van der Waals surface area contributed by atoms with E-state index in [4.69, 9.17) is 0 Å². The fourth-order valence-corrected chi connectivity index (χ4v) is 2.73. The van der Waals surface area contributed by atoms with Gasteiger partial charge in [-0.15, -0.1) is 0 Å². The molecule has 0 bridgehead atoms. The molecule has 21 heavy (non-hydrogen) atoms. The predicted molar refractivity (Wildman–Crippen MR) is 90.4 cm³/mol. The number of Topliss-reactive ketones (excluding diaryl/α,β-unsaturated/α-hetero) is 1. The molecule has 0 spiro atoms. The molecule has 2 nitrogen and oxygen atoms in total. The monoisotopic (exact) mass is 285 g/mol. The predicted octanol–water partition coefficient (Wildman–Crippen LogP) is 4.03. The van der Waals surface area contributed by atoms with Gasteiger partial charge in [-0.1, -0.05) is 55.5 Å². The SMILES string of the molecule is C/C=C\C(=C/C)C(=O)C(CC)(Cc1ccccc1)N(C)C. The second kappa shape index (κ2) is 7.94. The first-order valence-corrected chi connectivity index (χ1v) is 7.57. The van der Waals surface area contributed by atoms with Crippen LogP contribution in [0.5, 0.6) is 0 Å². The smallest absolute Gasteiger partial charge is 0.183 e. The summed E-state index contributed by atoms with van der Waals surface area (Å²) in [5.41, 5.74) is 1.48. The third kappa shape index (κ3) is 3.92. The van der Waals surface area contributed by atoms with Crippen LogP contribution in [0.15, 0.2) is 54.1 Å².